The van der Waals surface area contributed by atoms with Gasteiger partial charge < -0.3 is 4.84 Å². The first-order valence-corrected chi connectivity index (χ1v) is 10.8. The van der Waals surface area contributed by atoms with E-state index in [0.717, 1.165) is 48.7 Å². The molecule has 4 heteroatoms. The Morgan fingerprint density at radius 3 is 2.48 bits per heavy atom. The predicted octanol–water partition coefficient (Wildman–Crippen LogP) is 5.49. The fourth-order valence-electron chi connectivity index (χ4n) is 6.46. The van der Waals surface area contributed by atoms with Crippen LogP contribution in [-0.4, -0.2) is 17.0 Å². The molecule has 0 aliphatic heterocycles. The Hall–Kier alpha value is -0.640. The van der Waals surface area contributed by atoms with Crippen LogP contribution in [0.25, 0.3) is 0 Å². The van der Waals surface area contributed by atoms with Gasteiger partial charge in [0.1, 0.15) is 0 Å². The molecule has 0 heterocycles. The van der Waals surface area contributed by atoms with Crippen molar-refractivity contribution in [1.82, 2.24) is 0 Å². The van der Waals surface area contributed by atoms with Crippen molar-refractivity contribution < 1.29 is 9.63 Å². The van der Waals surface area contributed by atoms with Crippen LogP contribution in [0.4, 0.5) is 0 Å². The van der Waals surface area contributed by atoms with Gasteiger partial charge in [-0.3, -0.25) is 0 Å². The highest BCUT2D eigenvalue weighted by Gasteiger charge is 2.64. The van der Waals surface area contributed by atoms with Gasteiger partial charge in [-0.1, -0.05) is 60.9 Å². The fourth-order valence-corrected chi connectivity index (χ4v) is 7.54. The molecule has 0 saturated heterocycles. The Bertz CT molecular complexity index is 683. The number of carbonyl (C=O) groups is 1. The minimum absolute atomic E-state index is 0.0390. The van der Waals surface area contributed by atoms with E-state index in [4.69, 9.17) is 4.84 Å². The lowest BCUT2D eigenvalue weighted by Gasteiger charge is -2.37. The molecule has 0 N–H and O–H groups in total. The highest BCUT2D eigenvalue weighted by Crippen LogP contribution is 2.67. The van der Waals surface area contributed by atoms with Crippen LogP contribution >= 0.6 is 15.9 Å². The van der Waals surface area contributed by atoms with Crippen molar-refractivity contribution in [2.75, 3.05) is 5.33 Å². The largest absolute Gasteiger partial charge is 0.345 e. The molecular weight excluding hydrogens is 378 g/mol. The molecule has 4 aliphatic rings. The topological polar surface area (TPSA) is 38.7 Å². The lowest BCUT2D eigenvalue weighted by atomic mass is 9.68. The third kappa shape index (κ3) is 1.98. The lowest BCUT2D eigenvalue weighted by molar-refractivity contribution is -0.153. The average Bonchev–Trinajstić information content (AvgIpc) is 3.24. The van der Waals surface area contributed by atoms with Crippen molar-refractivity contribution in [3.8, 4) is 0 Å². The summed E-state index contributed by atoms with van der Waals surface area (Å²) in [5.41, 5.74) is 1.96. The monoisotopic (exact) mass is 407 g/mol. The summed E-state index contributed by atoms with van der Waals surface area (Å²) in [6.07, 6.45) is 6.22. The van der Waals surface area contributed by atoms with E-state index in [-0.39, 0.29) is 22.2 Å². The van der Waals surface area contributed by atoms with E-state index in [0.29, 0.717) is 11.8 Å². The van der Waals surface area contributed by atoms with Gasteiger partial charge in [0.25, 0.3) is 0 Å². The fraction of sp³-hybridized carbons (Fsp3) is 0.810. The van der Waals surface area contributed by atoms with Crippen molar-refractivity contribution in [1.29, 1.82) is 0 Å². The highest BCUT2D eigenvalue weighted by atomic mass is 79.9. The Morgan fingerprint density at radius 2 is 1.92 bits per heavy atom. The molecule has 0 aromatic carbocycles. The number of fused-ring (bicyclic) bond motifs is 4. The van der Waals surface area contributed by atoms with Gasteiger partial charge in [-0.05, 0) is 61.2 Å². The molecule has 25 heavy (non-hydrogen) atoms. The van der Waals surface area contributed by atoms with Gasteiger partial charge in [0.05, 0.1) is 11.1 Å². The third-order valence-electron chi connectivity index (χ3n) is 9.03. The summed E-state index contributed by atoms with van der Waals surface area (Å²) in [5.74, 6) is 1.03. The summed E-state index contributed by atoms with van der Waals surface area (Å²) in [6, 6.07) is 0. The zero-order valence-corrected chi connectivity index (χ0v) is 17.5. The number of hydrogen-bond acceptors (Lipinski definition) is 3. The van der Waals surface area contributed by atoms with Crippen LogP contribution in [0.2, 0.25) is 0 Å². The summed E-state index contributed by atoms with van der Waals surface area (Å²) < 4.78 is 0. The first-order chi connectivity index (χ1) is 11.6. The molecule has 4 aliphatic carbocycles. The highest BCUT2D eigenvalue weighted by molar-refractivity contribution is 9.09. The Morgan fingerprint density at radius 1 is 1.24 bits per heavy atom. The minimum atomic E-state index is -0.491. The van der Waals surface area contributed by atoms with Crippen LogP contribution in [0.15, 0.2) is 17.3 Å². The molecule has 0 spiro atoms. The number of alkyl halides is 1. The average molecular weight is 408 g/mol. The third-order valence-corrected chi connectivity index (χ3v) is 10.2. The number of rotatable bonds is 3. The molecule has 4 rings (SSSR count). The number of halogens is 1. The van der Waals surface area contributed by atoms with E-state index in [9.17, 15) is 4.79 Å². The molecule has 138 valence electrons. The number of hydrogen-bond donors (Lipinski definition) is 0. The van der Waals surface area contributed by atoms with Gasteiger partial charge in [0, 0.05) is 10.7 Å². The molecule has 5 atom stereocenters. The van der Waals surface area contributed by atoms with E-state index in [2.05, 4.69) is 55.4 Å². The maximum Gasteiger partial charge on any atom is 0.345 e. The number of carbonyl (C=O) groups excluding carboxylic acids is 1. The van der Waals surface area contributed by atoms with Gasteiger partial charge in [-0.25, -0.2) is 4.79 Å². The van der Waals surface area contributed by atoms with Crippen molar-refractivity contribution in [3.63, 3.8) is 0 Å². The molecule has 3 nitrogen and oxygen atoms in total. The van der Waals surface area contributed by atoms with E-state index in [1.54, 1.807) is 0 Å². The summed E-state index contributed by atoms with van der Waals surface area (Å²) in [7, 11) is 0. The second-order valence-electron chi connectivity index (χ2n) is 9.96. The zero-order chi connectivity index (χ0) is 18.3. The van der Waals surface area contributed by atoms with Crippen LogP contribution in [-0.2, 0) is 9.63 Å². The van der Waals surface area contributed by atoms with Crippen molar-refractivity contribution in [2.45, 2.75) is 66.2 Å². The van der Waals surface area contributed by atoms with E-state index in [1.165, 1.54) is 6.42 Å². The maximum absolute atomic E-state index is 13.0. The Balaban J connectivity index is 1.56. The maximum atomic E-state index is 13.0. The van der Waals surface area contributed by atoms with Crippen LogP contribution in [0.3, 0.4) is 0 Å². The summed E-state index contributed by atoms with van der Waals surface area (Å²) in [6.45, 7) is 13.4. The molecule has 4 bridgehead atoms. The standard InChI is InChI=1S/C21H30BrNO2/c1-13-18(2,3)15-7-9-21(13,11-15)17(24)25-23-16-10-14-6-8-19(16,4)20(14,5)12-22/h14-15H,1,6-12H2,2-5H3/b23-16+. The van der Waals surface area contributed by atoms with Crippen molar-refractivity contribution >= 4 is 27.6 Å². The smallest absolute Gasteiger partial charge is 0.317 e. The van der Waals surface area contributed by atoms with E-state index < -0.39 is 5.41 Å². The second-order valence-corrected chi connectivity index (χ2v) is 10.5. The molecule has 0 radical (unpaired) electrons. The van der Waals surface area contributed by atoms with Crippen LogP contribution in [0.1, 0.15) is 66.2 Å². The lowest BCUT2D eigenvalue weighted by Crippen LogP contribution is -2.37. The van der Waals surface area contributed by atoms with E-state index in [1.807, 2.05) is 0 Å². The van der Waals surface area contributed by atoms with Gasteiger partial charge in [0.2, 0.25) is 0 Å². The zero-order valence-electron chi connectivity index (χ0n) is 16.0. The SMILES string of the molecule is C=C1C2(C(=O)O/N=C3\CC4CCC3(C)C4(C)CBr)CCC(C2)C1(C)C. The Labute approximate surface area is 159 Å². The summed E-state index contributed by atoms with van der Waals surface area (Å²) in [5, 5.41) is 5.44. The predicted molar refractivity (Wildman–Crippen MR) is 104 cm³/mol. The van der Waals surface area contributed by atoms with E-state index >= 15 is 0 Å². The summed E-state index contributed by atoms with van der Waals surface area (Å²) >= 11 is 3.72. The van der Waals surface area contributed by atoms with Gasteiger partial charge in [-0.2, -0.15) is 0 Å². The molecule has 0 aromatic heterocycles. The first kappa shape index (κ1) is 17.8. The van der Waals surface area contributed by atoms with Gasteiger partial charge >= 0.3 is 5.97 Å². The second kappa shape index (κ2) is 5.21. The van der Waals surface area contributed by atoms with Gasteiger partial charge in [-0.15, -0.1) is 0 Å². The quantitative estimate of drug-likeness (QED) is 0.268. The summed E-state index contributed by atoms with van der Waals surface area (Å²) in [4.78, 5) is 18.6. The minimum Gasteiger partial charge on any atom is -0.317 e. The van der Waals surface area contributed by atoms with Crippen molar-refractivity contribution in [2.24, 2.45) is 38.7 Å². The number of oxime groups is 1. The van der Waals surface area contributed by atoms with Crippen LogP contribution in [0.5, 0.6) is 0 Å². The van der Waals surface area contributed by atoms with Crippen molar-refractivity contribution in [3.05, 3.63) is 12.2 Å². The molecule has 4 fully saturated rings. The number of nitrogens with zero attached hydrogens (tertiary/aromatic N) is 1. The van der Waals surface area contributed by atoms with Crippen LogP contribution < -0.4 is 0 Å². The van der Waals surface area contributed by atoms with Gasteiger partial charge in [0.15, 0.2) is 0 Å². The molecule has 0 amide bonds. The normalized spacial score (nSPS) is 48.5. The molecule has 0 aromatic rings. The first-order valence-electron chi connectivity index (χ1n) is 9.66. The van der Waals surface area contributed by atoms with Crippen LogP contribution in [0, 0.1) is 33.5 Å². The molecule has 5 unspecified atom stereocenters. The molecule has 4 saturated carbocycles. The Kier molecular flexibility index (Phi) is 3.70. The molecular formula is C21H30BrNO2.